The Balaban J connectivity index is 1.57. The predicted molar refractivity (Wildman–Crippen MR) is 128 cm³/mol. The molecule has 0 bridgehead atoms. The van der Waals surface area contributed by atoms with E-state index in [0.717, 1.165) is 46.7 Å². The van der Waals surface area contributed by atoms with Gasteiger partial charge in [0.2, 0.25) is 0 Å². The normalized spacial score (nSPS) is 13.5. The Hall–Kier alpha value is -3.34. The highest BCUT2D eigenvalue weighted by Gasteiger charge is 2.24. The first-order valence-corrected chi connectivity index (χ1v) is 11.0. The van der Waals surface area contributed by atoms with Gasteiger partial charge in [0.15, 0.2) is 0 Å². The van der Waals surface area contributed by atoms with Gasteiger partial charge in [-0.2, -0.15) is 0 Å². The monoisotopic (exact) mass is 430 g/mol. The fourth-order valence-electron chi connectivity index (χ4n) is 3.46. The van der Waals surface area contributed by atoms with E-state index in [0.29, 0.717) is 17.4 Å². The zero-order valence-electron chi connectivity index (χ0n) is 19.4. The number of benzene rings is 2. The molecule has 5 heteroatoms. The Kier molecular flexibility index (Phi) is 5.92. The third-order valence-corrected chi connectivity index (χ3v) is 5.09. The maximum Gasteiger partial charge on any atom is 0.340 e. The van der Waals surface area contributed by atoms with Crippen LogP contribution < -0.4 is 10.1 Å². The van der Waals surface area contributed by atoms with Crippen molar-refractivity contribution in [1.29, 1.82) is 0 Å². The second-order valence-corrected chi connectivity index (χ2v) is 9.41. The van der Waals surface area contributed by atoms with Crippen LogP contribution in [0.25, 0.3) is 11.3 Å². The number of anilines is 2. The molecule has 0 saturated heterocycles. The molecule has 1 fully saturated rings. The summed E-state index contributed by atoms with van der Waals surface area (Å²) in [6.07, 6.45) is 4.41. The summed E-state index contributed by atoms with van der Waals surface area (Å²) in [5, 5.41) is 3.34. The summed E-state index contributed by atoms with van der Waals surface area (Å²) in [5.74, 6) is 0.535. The van der Waals surface area contributed by atoms with E-state index >= 15 is 0 Å². The van der Waals surface area contributed by atoms with Gasteiger partial charge in [0.05, 0.1) is 34.9 Å². The highest BCUT2D eigenvalue weighted by atomic mass is 16.6. The number of carbonyl (C=O) groups is 1. The fraction of sp³-hybridized carbons (Fsp3) is 0.333. The van der Waals surface area contributed by atoms with Crippen molar-refractivity contribution in [1.82, 2.24) is 4.98 Å². The van der Waals surface area contributed by atoms with Gasteiger partial charge < -0.3 is 14.8 Å². The molecule has 1 heterocycles. The van der Waals surface area contributed by atoms with Crippen molar-refractivity contribution in [3.63, 3.8) is 0 Å². The van der Waals surface area contributed by atoms with Gasteiger partial charge in [-0.25, -0.2) is 4.79 Å². The molecule has 0 spiro atoms. The number of nitrogens with one attached hydrogen (secondary N) is 1. The standard InChI is InChI=1S/C27H30N2O3/c1-17-9-12-24(23(13-17)26(30)32-27(3,4)5)29-20-14-18(2)25(28-16-20)19-7-6-8-22(15-19)31-21-10-11-21/h6-9,12-16,21,29H,10-11H2,1-5H3. The van der Waals surface area contributed by atoms with Crippen LogP contribution in [0.15, 0.2) is 54.7 Å². The van der Waals surface area contributed by atoms with Gasteiger partial charge in [0.25, 0.3) is 0 Å². The fourth-order valence-corrected chi connectivity index (χ4v) is 3.46. The van der Waals surface area contributed by atoms with Crippen molar-refractivity contribution >= 4 is 17.3 Å². The van der Waals surface area contributed by atoms with Gasteiger partial charge in [-0.05, 0) is 83.4 Å². The second-order valence-electron chi connectivity index (χ2n) is 9.41. The van der Waals surface area contributed by atoms with Crippen LogP contribution in [0.5, 0.6) is 5.75 Å². The van der Waals surface area contributed by atoms with E-state index in [2.05, 4.69) is 5.32 Å². The summed E-state index contributed by atoms with van der Waals surface area (Å²) in [7, 11) is 0. The molecule has 3 aromatic rings. The summed E-state index contributed by atoms with van der Waals surface area (Å²) < 4.78 is 11.5. The van der Waals surface area contributed by atoms with Gasteiger partial charge >= 0.3 is 5.97 Å². The van der Waals surface area contributed by atoms with Crippen LogP contribution in [0.4, 0.5) is 11.4 Å². The number of carbonyl (C=O) groups excluding carboxylic acids is 1. The molecule has 5 nitrogen and oxygen atoms in total. The SMILES string of the molecule is Cc1ccc(Nc2cnc(-c3cccc(OC4CC4)c3)c(C)c2)c(C(=O)OC(C)(C)C)c1. The minimum atomic E-state index is -0.560. The van der Waals surface area contributed by atoms with Gasteiger partial charge in [0, 0.05) is 5.56 Å². The molecule has 1 aliphatic carbocycles. The number of ether oxygens (including phenoxy) is 2. The number of nitrogens with zero attached hydrogens (tertiary/aromatic N) is 1. The Morgan fingerprint density at radius 3 is 2.53 bits per heavy atom. The summed E-state index contributed by atoms with van der Waals surface area (Å²) in [4.78, 5) is 17.5. The molecule has 0 unspecified atom stereocenters. The van der Waals surface area contributed by atoms with E-state index in [4.69, 9.17) is 14.5 Å². The number of rotatable bonds is 6. The maximum atomic E-state index is 12.8. The zero-order valence-corrected chi connectivity index (χ0v) is 19.4. The van der Waals surface area contributed by atoms with Crippen molar-refractivity contribution in [2.45, 2.75) is 59.2 Å². The summed E-state index contributed by atoms with van der Waals surface area (Å²) >= 11 is 0. The molecule has 0 radical (unpaired) electrons. The Morgan fingerprint density at radius 1 is 1.06 bits per heavy atom. The zero-order chi connectivity index (χ0) is 22.9. The van der Waals surface area contributed by atoms with Crippen LogP contribution in [-0.2, 0) is 4.74 Å². The lowest BCUT2D eigenvalue weighted by Gasteiger charge is -2.21. The minimum absolute atomic E-state index is 0.350. The molecule has 166 valence electrons. The van der Waals surface area contributed by atoms with E-state index in [9.17, 15) is 4.79 Å². The third-order valence-electron chi connectivity index (χ3n) is 5.09. The number of pyridine rings is 1. The lowest BCUT2D eigenvalue weighted by Crippen LogP contribution is -2.24. The Bertz CT molecular complexity index is 1140. The molecule has 32 heavy (non-hydrogen) atoms. The van der Waals surface area contributed by atoms with E-state index in [1.54, 1.807) is 6.20 Å². The average Bonchev–Trinajstić information content (AvgIpc) is 3.52. The second kappa shape index (κ2) is 8.65. The first-order valence-electron chi connectivity index (χ1n) is 11.0. The molecule has 1 N–H and O–H groups in total. The lowest BCUT2D eigenvalue weighted by molar-refractivity contribution is 0.00706. The highest BCUT2D eigenvalue weighted by Crippen LogP contribution is 2.31. The van der Waals surface area contributed by atoms with Crippen LogP contribution in [-0.4, -0.2) is 22.7 Å². The van der Waals surface area contributed by atoms with Crippen molar-refractivity contribution in [2.75, 3.05) is 5.32 Å². The predicted octanol–water partition coefficient (Wildman–Crippen LogP) is 6.61. The molecule has 0 aliphatic heterocycles. The minimum Gasteiger partial charge on any atom is -0.490 e. The number of aryl methyl sites for hydroxylation is 2. The summed E-state index contributed by atoms with van der Waals surface area (Å²) in [5.41, 5.74) is 5.41. The van der Waals surface area contributed by atoms with Crippen molar-refractivity contribution in [3.8, 4) is 17.0 Å². The van der Waals surface area contributed by atoms with E-state index < -0.39 is 5.60 Å². The molecule has 1 aliphatic rings. The van der Waals surface area contributed by atoms with Crippen molar-refractivity contribution in [2.24, 2.45) is 0 Å². The first-order chi connectivity index (χ1) is 15.2. The molecular formula is C27H30N2O3. The Morgan fingerprint density at radius 2 is 1.84 bits per heavy atom. The van der Waals surface area contributed by atoms with Crippen molar-refractivity contribution in [3.05, 3.63) is 71.4 Å². The smallest absolute Gasteiger partial charge is 0.340 e. The van der Waals surface area contributed by atoms with Crippen LogP contribution in [0.1, 0.15) is 55.1 Å². The van der Waals surface area contributed by atoms with Gasteiger partial charge in [-0.1, -0.05) is 23.8 Å². The van der Waals surface area contributed by atoms with Gasteiger partial charge in [-0.15, -0.1) is 0 Å². The number of esters is 1. The largest absolute Gasteiger partial charge is 0.490 e. The quantitative estimate of drug-likeness (QED) is 0.446. The lowest BCUT2D eigenvalue weighted by atomic mass is 10.1. The highest BCUT2D eigenvalue weighted by molar-refractivity contribution is 5.97. The molecule has 1 saturated carbocycles. The van der Waals surface area contributed by atoms with Crippen LogP contribution >= 0.6 is 0 Å². The molecule has 2 aromatic carbocycles. The van der Waals surface area contributed by atoms with E-state index in [1.165, 1.54) is 0 Å². The summed E-state index contributed by atoms with van der Waals surface area (Å²) in [6, 6.07) is 15.8. The van der Waals surface area contributed by atoms with Gasteiger partial charge in [-0.3, -0.25) is 4.98 Å². The molecular weight excluding hydrogens is 400 g/mol. The van der Waals surface area contributed by atoms with E-state index in [1.807, 2.05) is 83.1 Å². The molecule has 0 amide bonds. The molecule has 0 atom stereocenters. The van der Waals surface area contributed by atoms with Crippen LogP contribution in [0.3, 0.4) is 0 Å². The van der Waals surface area contributed by atoms with Crippen LogP contribution in [0.2, 0.25) is 0 Å². The van der Waals surface area contributed by atoms with Crippen LogP contribution in [0, 0.1) is 13.8 Å². The van der Waals surface area contributed by atoms with Gasteiger partial charge in [0.1, 0.15) is 11.4 Å². The topological polar surface area (TPSA) is 60.5 Å². The molecule has 1 aromatic heterocycles. The average molecular weight is 431 g/mol. The number of hydrogen-bond donors (Lipinski definition) is 1. The van der Waals surface area contributed by atoms with Crippen molar-refractivity contribution < 1.29 is 14.3 Å². The maximum absolute atomic E-state index is 12.8. The van der Waals surface area contributed by atoms with E-state index in [-0.39, 0.29) is 5.97 Å². The molecule has 4 rings (SSSR count). The number of aromatic nitrogens is 1. The summed E-state index contributed by atoms with van der Waals surface area (Å²) in [6.45, 7) is 9.59. The first kappa shape index (κ1) is 21.9. The third kappa shape index (κ3) is 5.47. The Labute approximate surface area is 189 Å². The number of hydrogen-bond acceptors (Lipinski definition) is 5.